The normalized spacial score (nSPS) is 11.1. The number of carbonyl (C=O) groups excluding carboxylic acids is 1. The van der Waals surface area contributed by atoms with E-state index in [4.69, 9.17) is 9.15 Å². The van der Waals surface area contributed by atoms with Crippen molar-refractivity contribution in [3.8, 4) is 5.75 Å². The van der Waals surface area contributed by atoms with E-state index in [0.717, 1.165) is 5.56 Å². The lowest BCUT2D eigenvalue weighted by atomic mass is 10.2. The van der Waals surface area contributed by atoms with Gasteiger partial charge in [-0.2, -0.15) is 0 Å². The molecule has 112 valence electrons. The average Bonchev–Trinajstić information content (AvgIpc) is 2.99. The van der Waals surface area contributed by atoms with E-state index in [-0.39, 0.29) is 16.4 Å². The van der Waals surface area contributed by atoms with Gasteiger partial charge in [0.1, 0.15) is 10.6 Å². The van der Waals surface area contributed by atoms with E-state index in [0.29, 0.717) is 0 Å². The molecule has 0 aliphatic rings. The third-order valence-electron chi connectivity index (χ3n) is 2.65. The van der Waals surface area contributed by atoms with Crippen LogP contribution in [0, 0.1) is 6.92 Å². The maximum atomic E-state index is 12.2. The third kappa shape index (κ3) is 3.41. The first kappa shape index (κ1) is 15.1. The summed E-state index contributed by atoms with van der Waals surface area (Å²) in [7, 11) is -2.59. The predicted molar refractivity (Wildman–Crippen MR) is 74.2 cm³/mol. The second-order valence-corrected chi connectivity index (χ2v) is 5.84. The number of amides is 1. The summed E-state index contributed by atoms with van der Waals surface area (Å²) in [5.41, 5.74) is 2.81. The van der Waals surface area contributed by atoms with E-state index in [9.17, 15) is 13.2 Å². The molecule has 2 aromatic rings. The number of methoxy groups -OCH3 is 1. The van der Waals surface area contributed by atoms with Crippen LogP contribution in [0.25, 0.3) is 0 Å². The average molecular weight is 310 g/mol. The molecule has 2 N–H and O–H groups in total. The number of ether oxygens (including phenoxy) is 1. The zero-order chi connectivity index (χ0) is 15.5. The van der Waals surface area contributed by atoms with Gasteiger partial charge < -0.3 is 9.15 Å². The first-order valence-corrected chi connectivity index (χ1v) is 7.42. The Bertz CT molecular complexity index is 738. The monoisotopic (exact) mass is 310 g/mol. The van der Waals surface area contributed by atoms with Gasteiger partial charge in [-0.1, -0.05) is 6.07 Å². The highest BCUT2D eigenvalue weighted by Gasteiger charge is 2.21. The maximum Gasteiger partial charge on any atom is 0.301 e. The molecule has 0 spiro atoms. The smallest absolute Gasteiger partial charge is 0.301 e. The molecule has 0 bridgehead atoms. The fourth-order valence-electron chi connectivity index (χ4n) is 1.63. The Morgan fingerprint density at radius 2 is 2.05 bits per heavy atom. The zero-order valence-corrected chi connectivity index (χ0v) is 12.2. The Kier molecular flexibility index (Phi) is 4.29. The minimum absolute atomic E-state index is 0.00564. The van der Waals surface area contributed by atoms with Crippen LogP contribution in [0.2, 0.25) is 0 Å². The zero-order valence-electron chi connectivity index (χ0n) is 11.4. The Morgan fingerprint density at radius 1 is 1.29 bits per heavy atom. The van der Waals surface area contributed by atoms with Crippen molar-refractivity contribution in [2.75, 3.05) is 7.11 Å². The molecule has 0 atom stereocenters. The highest BCUT2D eigenvalue weighted by molar-refractivity contribution is 7.89. The van der Waals surface area contributed by atoms with Crippen molar-refractivity contribution < 1.29 is 22.4 Å². The highest BCUT2D eigenvalue weighted by atomic mass is 32.2. The van der Waals surface area contributed by atoms with Crippen LogP contribution < -0.4 is 15.0 Å². The summed E-state index contributed by atoms with van der Waals surface area (Å²) in [6, 6.07) is 7.64. The van der Waals surface area contributed by atoms with Crippen molar-refractivity contribution in [3.05, 3.63) is 47.9 Å². The van der Waals surface area contributed by atoms with Crippen LogP contribution in [0.1, 0.15) is 16.1 Å². The van der Waals surface area contributed by atoms with Crippen molar-refractivity contribution in [2.45, 2.75) is 11.8 Å². The number of carbonyl (C=O) groups is 1. The number of hydrogen-bond donors (Lipinski definition) is 2. The molecule has 21 heavy (non-hydrogen) atoms. The molecule has 1 amide bonds. The molecule has 8 heteroatoms. The van der Waals surface area contributed by atoms with Gasteiger partial charge in [0.2, 0.25) is 0 Å². The van der Waals surface area contributed by atoms with Gasteiger partial charge in [-0.3, -0.25) is 10.2 Å². The van der Waals surface area contributed by atoms with E-state index < -0.39 is 15.9 Å². The van der Waals surface area contributed by atoms with Crippen LogP contribution in [-0.2, 0) is 10.0 Å². The number of nitrogens with one attached hydrogen (secondary N) is 2. The van der Waals surface area contributed by atoms with Gasteiger partial charge in [0, 0.05) is 0 Å². The molecule has 0 fully saturated rings. The van der Waals surface area contributed by atoms with Crippen LogP contribution >= 0.6 is 0 Å². The Labute approximate surface area is 121 Å². The van der Waals surface area contributed by atoms with Crippen molar-refractivity contribution in [1.82, 2.24) is 10.3 Å². The molecule has 1 aromatic carbocycles. The number of aryl methyl sites for hydroxylation is 1. The van der Waals surface area contributed by atoms with Crippen LogP contribution in [0.15, 0.2) is 45.9 Å². The Balaban J connectivity index is 2.19. The first-order chi connectivity index (χ1) is 9.94. The van der Waals surface area contributed by atoms with Gasteiger partial charge in [0.05, 0.1) is 13.4 Å². The van der Waals surface area contributed by atoms with Crippen molar-refractivity contribution >= 4 is 15.9 Å². The number of furan rings is 1. The highest BCUT2D eigenvalue weighted by Crippen LogP contribution is 2.24. The third-order valence-corrected chi connectivity index (χ3v) is 3.92. The summed E-state index contributed by atoms with van der Waals surface area (Å²) in [4.78, 5) is 13.6. The van der Waals surface area contributed by atoms with E-state index in [1.54, 1.807) is 13.0 Å². The largest absolute Gasteiger partial charge is 0.495 e. The van der Waals surface area contributed by atoms with Gasteiger partial charge in [-0.05, 0) is 36.8 Å². The summed E-state index contributed by atoms with van der Waals surface area (Å²) in [5.74, 6) is -0.524. The number of sulfonamides is 1. The number of hydrogen-bond acceptors (Lipinski definition) is 5. The van der Waals surface area contributed by atoms with Crippen LogP contribution in [0.4, 0.5) is 0 Å². The standard InChI is InChI=1S/C13H14N2O5S/c1-9-5-6-10(19-2)12(8-9)21(17,18)15-14-13(16)11-4-3-7-20-11/h3-8,15H,1-2H3,(H,14,16). The van der Waals surface area contributed by atoms with Crippen LogP contribution in [0.5, 0.6) is 5.75 Å². The SMILES string of the molecule is COc1ccc(C)cc1S(=O)(=O)NNC(=O)c1ccco1. The van der Waals surface area contributed by atoms with Crippen LogP contribution in [0.3, 0.4) is 0 Å². The first-order valence-electron chi connectivity index (χ1n) is 5.94. The van der Waals surface area contributed by atoms with Crippen molar-refractivity contribution in [3.63, 3.8) is 0 Å². The predicted octanol–water partition coefficient (Wildman–Crippen LogP) is 1.22. The Hall–Kier alpha value is -2.32. The Morgan fingerprint density at radius 3 is 2.67 bits per heavy atom. The number of benzene rings is 1. The van der Waals surface area contributed by atoms with Gasteiger partial charge in [0.25, 0.3) is 10.0 Å². The topological polar surface area (TPSA) is 97.6 Å². The second-order valence-electron chi connectivity index (χ2n) is 4.19. The van der Waals surface area contributed by atoms with E-state index in [1.165, 1.54) is 37.6 Å². The van der Waals surface area contributed by atoms with Crippen molar-refractivity contribution in [1.29, 1.82) is 0 Å². The lowest BCUT2D eigenvalue weighted by molar-refractivity contribution is 0.0917. The number of rotatable bonds is 5. The molecular weight excluding hydrogens is 296 g/mol. The molecule has 0 saturated heterocycles. The lowest BCUT2D eigenvalue weighted by Gasteiger charge is -2.11. The molecule has 7 nitrogen and oxygen atoms in total. The minimum Gasteiger partial charge on any atom is -0.495 e. The summed E-state index contributed by atoms with van der Waals surface area (Å²) in [6.45, 7) is 1.75. The second kappa shape index (κ2) is 5.98. The molecule has 2 rings (SSSR count). The lowest BCUT2D eigenvalue weighted by Crippen LogP contribution is -2.41. The van der Waals surface area contributed by atoms with Crippen LogP contribution in [-0.4, -0.2) is 21.4 Å². The molecule has 0 unspecified atom stereocenters. The molecule has 1 heterocycles. The summed E-state index contributed by atoms with van der Waals surface area (Å²) >= 11 is 0. The fraction of sp³-hybridized carbons (Fsp3) is 0.154. The summed E-state index contributed by atoms with van der Waals surface area (Å²) in [5, 5.41) is 0. The molecule has 1 aromatic heterocycles. The van der Waals surface area contributed by atoms with Gasteiger partial charge in [-0.15, -0.1) is 4.83 Å². The molecule has 0 aliphatic heterocycles. The summed E-state index contributed by atoms with van der Waals surface area (Å²) in [6.07, 6.45) is 1.31. The maximum absolute atomic E-state index is 12.2. The molecule has 0 saturated carbocycles. The number of hydrazine groups is 1. The molecule has 0 aliphatic carbocycles. The van der Waals surface area contributed by atoms with E-state index in [1.807, 2.05) is 4.83 Å². The van der Waals surface area contributed by atoms with E-state index in [2.05, 4.69) is 5.43 Å². The quantitative estimate of drug-likeness (QED) is 0.809. The minimum atomic E-state index is -3.96. The van der Waals surface area contributed by atoms with E-state index >= 15 is 0 Å². The fourth-order valence-corrected chi connectivity index (χ4v) is 2.73. The van der Waals surface area contributed by atoms with Crippen molar-refractivity contribution in [2.24, 2.45) is 0 Å². The van der Waals surface area contributed by atoms with Gasteiger partial charge in [0.15, 0.2) is 5.76 Å². The van der Waals surface area contributed by atoms with Gasteiger partial charge in [-0.25, -0.2) is 8.42 Å². The summed E-state index contributed by atoms with van der Waals surface area (Å²) < 4.78 is 34.3. The molecule has 0 radical (unpaired) electrons. The molecular formula is C13H14N2O5S. The van der Waals surface area contributed by atoms with Gasteiger partial charge >= 0.3 is 5.91 Å².